The van der Waals surface area contributed by atoms with Gasteiger partial charge in [-0.2, -0.15) is 0 Å². The Morgan fingerprint density at radius 1 is 0.966 bits per heavy atom. The van der Waals surface area contributed by atoms with Gasteiger partial charge in [-0.15, -0.1) is 0 Å². The summed E-state index contributed by atoms with van der Waals surface area (Å²) in [6.07, 6.45) is 1.69. The molecule has 0 saturated heterocycles. The third kappa shape index (κ3) is 7.37. The zero-order valence-corrected chi connectivity index (χ0v) is 17.1. The lowest BCUT2D eigenvalue weighted by molar-refractivity contribution is -0.122. The lowest BCUT2D eigenvalue weighted by atomic mass is 10.2. The van der Waals surface area contributed by atoms with E-state index in [0.29, 0.717) is 43.1 Å². The first-order valence-corrected chi connectivity index (χ1v) is 9.63. The summed E-state index contributed by atoms with van der Waals surface area (Å²) in [6, 6.07) is 12.7. The van der Waals surface area contributed by atoms with Gasteiger partial charge in [-0.05, 0) is 62.6 Å². The molecule has 7 nitrogen and oxygen atoms in total. The minimum atomic E-state index is -0.428. The van der Waals surface area contributed by atoms with Crippen LogP contribution in [0.2, 0.25) is 0 Å². The number of benzene rings is 2. The molecule has 29 heavy (non-hydrogen) atoms. The number of hydrogen-bond donors (Lipinski definition) is 2. The Labute approximate surface area is 171 Å². The molecule has 2 N–H and O–H groups in total. The molecule has 7 heteroatoms. The number of carbonyl (C=O) groups excluding carboxylic acids is 2. The van der Waals surface area contributed by atoms with Crippen molar-refractivity contribution in [3.05, 3.63) is 53.6 Å². The van der Waals surface area contributed by atoms with Gasteiger partial charge in [0.2, 0.25) is 5.91 Å². The van der Waals surface area contributed by atoms with Crippen molar-refractivity contribution < 1.29 is 23.8 Å². The highest BCUT2D eigenvalue weighted by molar-refractivity contribution is 5.96. The molecule has 2 amide bonds. The first-order valence-electron chi connectivity index (χ1n) is 9.63. The number of methoxy groups -OCH3 is 1. The van der Waals surface area contributed by atoms with E-state index in [2.05, 4.69) is 10.9 Å². The molecular formula is C22H28N2O5. The van der Waals surface area contributed by atoms with Crippen LogP contribution in [0.15, 0.2) is 42.5 Å². The maximum absolute atomic E-state index is 12.2. The number of amides is 2. The quantitative estimate of drug-likeness (QED) is 0.472. The molecule has 2 aromatic rings. The Hall–Kier alpha value is -3.22. The fourth-order valence-electron chi connectivity index (χ4n) is 2.63. The largest absolute Gasteiger partial charge is 0.494 e. The van der Waals surface area contributed by atoms with E-state index in [9.17, 15) is 9.59 Å². The van der Waals surface area contributed by atoms with Crippen molar-refractivity contribution in [1.29, 1.82) is 0 Å². The van der Waals surface area contributed by atoms with Crippen LogP contribution in [0.1, 0.15) is 42.1 Å². The SMILES string of the molecule is CCOc1ccc(C(=O)NNC(=O)CCCCOc2cccc(C)c2)cc1OC. The molecular weight excluding hydrogens is 372 g/mol. The van der Waals surface area contributed by atoms with Crippen molar-refractivity contribution in [3.8, 4) is 17.2 Å². The summed E-state index contributed by atoms with van der Waals surface area (Å²) >= 11 is 0. The molecule has 0 aliphatic rings. The van der Waals surface area contributed by atoms with Gasteiger partial charge in [-0.1, -0.05) is 12.1 Å². The second-order valence-electron chi connectivity index (χ2n) is 6.42. The number of carbonyl (C=O) groups is 2. The molecule has 0 bridgehead atoms. The minimum Gasteiger partial charge on any atom is -0.494 e. The lowest BCUT2D eigenvalue weighted by Crippen LogP contribution is -2.41. The maximum Gasteiger partial charge on any atom is 0.269 e. The summed E-state index contributed by atoms with van der Waals surface area (Å²) in [6.45, 7) is 4.91. The van der Waals surface area contributed by atoms with E-state index in [1.54, 1.807) is 18.2 Å². The van der Waals surface area contributed by atoms with Gasteiger partial charge in [0.15, 0.2) is 11.5 Å². The van der Waals surface area contributed by atoms with Gasteiger partial charge in [-0.3, -0.25) is 20.4 Å². The van der Waals surface area contributed by atoms with Crippen LogP contribution in [-0.2, 0) is 4.79 Å². The average molecular weight is 400 g/mol. The summed E-state index contributed by atoms with van der Waals surface area (Å²) in [4.78, 5) is 24.1. The highest BCUT2D eigenvalue weighted by atomic mass is 16.5. The van der Waals surface area contributed by atoms with Crippen LogP contribution in [0, 0.1) is 6.92 Å². The number of rotatable bonds is 10. The van der Waals surface area contributed by atoms with Crippen LogP contribution in [0.3, 0.4) is 0 Å². The summed E-state index contributed by atoms with van der Waals surface area (Å²) in [7, 11) is 1.50. The van der Waals surface area contributed by atoms with Gasteiger partial charge in [0.05, 0.1) is 20.3 Å². The van der Waals surface area contributed by atoms with Crippen molar-refractivity contribution in [2.24, 2.45) is 0 Å². The van der Waals surface area contributed by atoms with Crippen LogP contribution in [0.4, 0.5) is 0 Å². The number of unbranched alkanes of at least 4 members (excludes halogenated alkanes) is 1. The second-order valence-corrected chi connectivity index (χ2v) is 6.42. The first kappa shape index (κ1) is 22.1. The van der Waals surface area contributed by atoms with Crippen LogP contribution in [0.5, 0.6) is 17.2 Å². The van der Waals surface area contributed by atoms with E-state index >= 15 is 0 Å². The molecule has 0 spiro atoms. The number of hydrogen-bond acceptors (Lipinski definition) is 5. The third-order valence-electron chi connectivity index (χ3n) is 4.10. The van der Waals surface area contributed by atoms with Gasteiger partial charge in [0, 0.05) is 12.0 Å². The van der Waals surface area contributed by atoms with Gasteiger partial charge in [0.1, 0.15) is 5.75 Å². The van der Waals surface area contributed by atoms with Crippen molar-refractivity contribution in [2.75, 3.05) is 20.3 Å². The fraction of sp³-hybridized carbons (Fsp3) is 0.364. The van der Waals surface area contributed by atoms with Crippen molar-refractivity contribution >= 4 is 11.8 Å². The molecule has 0 aliphatic heterocycles. The van der Waals surface area contributed by atoms with E-state index in [1.807, 2.05) is 38.1 Å². The Morgan fingerprint density at radius 2 is 1.79 bits per heavy atom. The minimum absolute atomic E-state index is 0.258. The lowest BCUT2D eigenvalue weighted by Gasteiger charge is -2.11. The van der Waals surface area contributed by atoms with Gasteiger partial charge < -0.3 is 14.2 Å². The highest BCUT2D eigenvalue weighted by Gasteiger charge is 2.12. The van der Waals surface area contributed by atoms with Crippen molar-refractivity contribution in [2.45, 2.75) is 33.1 Å². The summed E-state index contributed by atoms with van der Waals surface area (Å²) < 4.78 is 16.3. The summed E-state index contributed by atoms with van der Waals surface area (Å²) in [5, 5.41) is 0. The first-order chi connectivity index (χ1) is 14.0. The highest BCUT2D eigenvalue weighted by Crippen LogP contribution is 2.27. The summed E-state index contributed by atoms with van der Waals surface area (Å²) in [5.74, 6) is 1.16. The number of aryl methyl sites for hydroxylation is 1. The second kappa shape index (κ2) is 11.6. The molecule has 0 aromatic heterocycles. The van der Waals surface area contributed by atoms with Crippen molar-refractivity contribution in [1.82, 2.24) is 10.9 Å². The zero-order valence-electron chi connectivity index (χ0n) is 17.1. The Balaban J connectivity index is 1.68. The molecule has 0 saturated carbocycles. The predicted molar refractivity (Wildman–Crippen MR) is 110 cm³/mol. The Morgan fingerprint density at radius 3 is 2.52 bits per heavy atom. The van der Waals surface area contributed by atoms with Crippen LogP contribution >= 0.6 is 0 Å². The maximum atomic E-state index is 12.2. The van der Waals surface area contributed by atoms with E-state index in [0.717, 1.165) is 17.7 Å². The number of nitrogens with one attached hydrogen (secondary N) is 2. The van der Waals surface area contributed by atoms with Crippen LogP contribution in [0.25, 0.3) is 0 Å². The molecule has 156 valence electrons. The molecule has 0 radical (unpaired) electrons. The van der Waals surface area contributed by atoms with E-state index < -0.39 is 5.91 Å². The van der Waals surface area contributed by atoms with E-state index in [1.165, 1.54) is 7.11 Å². The standard InChI is InChI=1S/C22H28N2O5/c1-4-28-19-12-11-17(15-20(19)27-3)22(26)24-23-21(25)10-5-6-13-29-18-9-7-8-16(2)14-18/h7-9,11-12,14-15H,4-6,10,13H2,1-3H3,(H,23,25)(H,24,26). The van der Waals surface area contributed by atoms with Crippen molar-refractivity contribution in [3.63, 3.8) is 0 Å². The van der Waals surface area contributed by atoms with Gasteiger partial charge in [-0.25, -0.2) is 0 Å². The Bertz CT molecular complexity index is 823. The topological polar surface area (TPSA) is 85.9 Å². The van der Waals surface area contributed by atoms with Gasteiger partial charge >= 0.3 is 0 Å². The fourth-order valence-corrected chi connectivity index (χ4v) is 2.63. The normalized spacial score (nSPS) is 10.2. The number of ether oxygens (including phenoxy) is 3. The molecule has 0 aliphatic carbocycles. The Kier molecular flexibility index (Phi) is 8.82. The van der Waals surface area contributed by atoms with E-state index in [-0.39, 0.29) is 5.91 Å². The average Bonchev–Trinajstić information content (AvgIpc) is 2.72. The van der Waals surface area contributed by atoms with Gasteiger partial charge in [0.25, 0.3) is 5.91 Å². The van der Waals surface area contributed by atoms with Crippen LogP contribution in [-0.4, -0.2) is 32.1 Å². The monoisotopic (exact) mass is 400 g/mol. The smallest absolute Gasteiger partial charge is 0.269 e. The zero-order chi connectivity index (χ0) is 21.1. The molecule has 2 rings (SSSR count). The third-order valence-corrected chi connectivity index (χ3v) is 4.10. The molecule has 0 fully saturated rings. The summed E-state index contributed by atoms with van der Waals surface area (Å²) in [5.41, 5.74) is 6.33. The molecule has 2 aromatic carbocycles. The van der Waals surface area contributed by atoms with Crippen LogP contribution < -0.4 is 25.1 Å². The molecule has 0 atom stereocenters. The van der Waals surface area contributed by atoms with E-state index in [4.69, 9.17) is 14.2 Å². The molecule has 0 heterocycles. The molecule has 0 unspecified atom stereocenters. The number of hydrazine groups is 1. The predicted octanol–water partition coefficient (Wildman–Crippen LogP) is 3.41.